The molecule has 110 valence electrons. The Morgan fingerprint density at radius 2 is 2.15 bits per heavy atom. The van der Waals surface area contributed by atoms with E-state index in [2.05, 4.69) is 0 Å². The molecule has 1 aromatic carbocycles. The number of nitrogens with zero attached hydrogens (tertiary/aromatic N) is 1. The number of carbonyl (C=O) groups is 1. The van der Waals surface area contributed by atoms with Gasteiger partial charge in [0.15, 0.2) is 0 Å². The number of nitrogens with two attached hydrogens (primary N) is 1. The van der Waals surface area contributed by atoms with Crippen LogP contribution in [0.15, 0.2) is 18.2 Å². The molecule has 0 aliphatic heterocycles. The summed E-state index contributed by atoms with van der Waals surface area (Å²) in [6.45, 7) is 0.532. The maximum absolute atomic E-state index is 11.2. The molecular formula is C13H17ClN2O4. The van der Waals surface area contributed by atoms with E-state index in [4.69, 9.17) is 17.3 Å². The summed E-state index contributed by atoms with van der Waals surface area (Å²) in [6.07, 6.45) is 2.28. The van der Waals surface area contributed by atoms with E-state index in [-0.39, 0.29) is 17.1 Å². The van der Waals surface area contributed by atoms with Crippen molar-refractivity contribution in [3.05, 3.63) is 38.9 Å². The minimum atomic E-state index is -0.892. The topological polar surface area (TPSA) is 106 Å². The summed E-state index contributed by atoms with van der Waals surface area (Å²) in [5.41, 5.74) is 5.89. The van der Waals surface area contributed by atoms with Crippen molar-refractivity contribution < 1.29 is 14.8 Å². The average molecular weight is 301 g/mol. The van der Waals surface area contributed by atoms with Crippen LogP contribution >= 0.6 is 11.6 Å². The molecule has 3 N–H and O–H groups in total. The number of non-ortho nitro benzene ring substituents is 1. The highest BCUT2D eigenvalue weighted by Crippen LogP contribution is 2.26. The normalized spacial score (nSPS) is 12.1. The number of halogens is 1. The van der Waals surface area contributed by atoms with E-state index in [0.717, 1.165) is 12.8 Å². The summed E-state index contributed by atoms with van der Waals surface area (Å²) < 4.78 is 0. The number of nitro benzene ring substituents is 1. The first-order chi connectivity index (χ1) is 9.45. The first-order valence-corrected chi connectivity index (χ1v) is 6.69. The molecule has 0 saturated carbocycles. The van der Waals surface area contributed by atoms with Crippen LogP contribution in [-0.4, -0.2) is 22.5 Å². The van der Waals surface area contributed by atoms with Crippen molar-refractivity contribution in [2.45, 2.75) is 25.7 Å². The van der Waals surface area contributed by atoms with E-state index in [9.17, 15) is 20.0 Å². The van der Waals surface area contributed by atoms with Gasteiger partial charge in [-0.15, -0.1) is 0 Å². The number of unbranched alkanes of at least 4 members (excludes halogenated alkanes) is 1. The van der Waals surface area contributed by atoms with Gasteiger partial charge < -0.3 is 10.8 Å². The minimum absolute atomic E-state index is 0.103. The van der Waals surface area contributed by atoms with Gasteiger partial charge in [-0.25, -0.2) is 0 Å². The fourth-order valence-corrected chi connectivity index (χ4v) is 2.18. The highest BCUT2D eigenvalue weighted by atomic mass is 35.5. The molecule has 6 nitrogen and oxygen atoms in total. The molecule has 1 rings (SSSR count). The molecule has 0 radical (unpaired) electrons. The molecule has 0 spiro atoms. The van der Waals surface area contributed by atoms with Crippen molar-refractivity contribution >= 4 is 23.3 Å². The lowest BCUT2D eigenvalue weighted by molar-refractivity contribution is -0.384. The van der Waals surface area contributed by atoms with Crippen LogP contribution < -0.4 is 5.73 Å². The maximum Gasteiger partial charge on any atom is 0.306 e. The lowest BCUT2D eigenvalue weighted by Gasteiger charge is -2.13. The van der Waals surface area contributed by atoms with Gasteiger partial charge in [-0.3, -0.25) is 14.9 Å². The molecule has 1 aromatic rings. The summed E-state index contributed by atoms with van der Waals surface area (Å²) in [4.78, 5) is 21.3. The lowest BCUT2D eigenvalue weighted by atomic mass is 9.94. The minimum Gasteiger partial charge on any atom is -0.481 e. The Bertz CT molecular complexity index is 493. The second-order valence-corrected chi connectivity index (χ2v) is 4.96. The third kappa shape index (κ3) is 4.79. The quantitative estimate of drug-likeness (QED) is 0.436. The smallest absolute Gasteiger partial charge is 0.306 e. The van der Waals surface area contributed by atoms with E-state index < -0.39 is 16.8 Å². The van der Waals surface area contributed by atoms with Gasteiger partial charge in [0.2, 0.25) is 0 Å². The lowest BCUT2D eigenvalue weighted by Crippen LogP contribution is -2.17. The molecule has 0 aliphatic carbocycles. The zero-order chi connectivity index (χ0) is 15.1. The van der Waals surface area contributed by atoms with Gasteiger partial charge in [0.1, 0.15) is 0 Å². The summed E-state index contributed by atoms with van der Waals surface area (Å²) in [6, 6.07) is 4.09. The van der Waals surface area contributed by atoms with Crippen molar-refractivity contribution in [1.82, 2.24) is 0 Å². The third-order valence-electron chi connectivity index (χ3n) is 3.07. The molecule has 0 bridgehead atoms. The van der Waals surface area contributed by atoms with Crippen LogP contribution in [0.5, 0.6) is 0 Å². The van der Waals surface area contributed by atoms with Gasteiger partial charge in [-0.05, 0) is 31.4 Å². The average Bonchev–Trinajstić information content (AvgIpc) is 2.39. The van der Waals surface area contributed by atoms with Crippen LogP contribution in [0, 0.1) is 16.0 Å². The van der Waals surface area contributed by atoms with Crippen molar-refractivity contribution in [3.8, 4) is 0 Å². The Kier molecular flexibility index (Phi) is 6.41. The molecule has 7 heteroatoms. The fourth-order valence-electron chi connectivity index (χ4n) is 1.93. The second-order valence-electron chi connectivity index (χ2n) is 4.56. The maximum atomic E-state index is 11.2. The van der Waals surface area contributed by atoms with E-state index >= 15 is 0 Å². The van der Waals surface area contributed by atoms with Crippen LogP contribution in [0.1, 0.15) is 24.8 Å². The number of nitro groups is 1. The van der Waals surface area contributed by atoms with Crippen LogP contribution in [0.4, 0.5) is 5.69 Å². The molecule has 20 heavy (non-hydrogen) atoms. The number of aliphatic carboxylic acids is 1. The summed E-state index contributed by atoms with van der Waals surface area (Å²) >= 11 is 5.97. The van der Waals surface area contributed by atoms with Gasteiger partial charge in [-0.1, -0.05) is 24.1 Å². The number of carboxylic acids is 1. The summed E-state index contributed by atoms with van der Waals surface area (Å²) in [5.74, 6) is -1.45. The Morgan fingerprint density at radius 3 is 2.65 bits per heavy atom. The molecule has 1 atom stereocenters. The number of rotatable bonds is 8. The van der Waals surface area contributed by atoms with Crippen LogP contribution in [-0.2, 0) is 11.2 Å². The SMILES string of the molecule is NCCCCC(Cc1ccc([N+](=O)[O-])cc1Cl)C(=O)O. The van der Waals surface area contributed by atoms with Crippen LogP contribution in [0.2, 0.25) is 5.02 Å². The predicted octanol–water partition coefficient (Wildman–Crippen LogP) is 2.62. The Labute approximate surface area is 121 Å². The van der Waals surface area contributed by atoms with E-state index in [1.165, 1.54) is 18.2 Å². The first kappa shape index (κ1) is 16.4. The first-order valence-electron chi connectivity index (χ1n) is 6.31. The summed E-state index contributed by atoms with van der Waals surface area (Å²) in [5, 5.41) is 20.0. The van der Waals surface area contributed by atoms with E-state index in [1.807, 2.05) is 0 Å². The molecule has 0 aromatic heterocycles. The number of hydrogen-bond acceptors (Lipinski definition) is 4. The summed E-state index contributed by atoms with van der Waals surface area (Å²) in [7, 11) is 0. The molecule has 0 saturated heterocycles. The number of carboxylic acid groups (broad SMARTS) is 1. The van der Waals surface area contributed by atoms with Gasteiger partial charge in [0.05, 0.1) is 15.9 Å². The Morgan fingerprint density at radius 1 is 1.45 bits per heavy atom. The predicted molar refractivity (Wildman–Crippen MR) is 75.8 cm³/mol. The van der Waals surface area contributed by atoms with Crippen LogP contribution in [0.25, 0.3) is 0 Å². The molecular weight excluding hydrogens is 284 g/mol. The molecule has 0 heterocycles. The number of benzene rings is 1. The van der Waals surface area contributed by atoms with Gasteiger partial charge in [0, 0.05) is 12.1 Å². The second kappa shape index (κ2) is 7.81. The third-order valence-corrected chi connectivity index (χ3v) is 3.42. The van der Waals surface area contributed by atoms with Gasteiger partial charge >= 0.3 is 5.97 Å². The molecule has 0 fully saturated rings. The zero-order valence-electron chi connectivity index (χ0n) is 10.9. The van der Waals surface area contributed by atoms with Gasteiger partial charge in [-0.2, -0.15) is 0 Å². The largest absolute Gasteiger partial charge is 0.481 e. The molecule has 1 unspecified atom stereocenters. The van der Waals surface area contributed by atoms with Crippen molar-refractivity contribution in [1.29, 1.82) is 0 Å². The zero-order valence-corrected chi connectivity index (χ0v) is 11.7. The van der Waals surface area contributed by atoms with E-state index in [0.29, 0.717) is 18.5 Å². The molecule has 0 aliphatic rings. The Balaban J connectivity index is 2.78. The van der Waals surface area contributed by atoms with E-state index in [1.54, 1.807) is 0 Å². The fraction of sp³-hybridized carbons (Fsp3) is 0.462. The highest BCUT2D eigenvalue weighted by molar-refractivity contribution is 6.31. The van der Waals surface area contributed by atoms with Crippen molar-refractivity contribution in [3.63, 3.8) is 0 Å². The highest BCUT2D eigenvalue weighted by Gasteiger charge is 2.20. The number of hydrogen-bond donors (Lipinski definition) is 2. The van der Waals surface area contributed by atoms with Gasteiger partial charge in [0.25, 0.3) is 5.69 Å². The molecule has 0 amide bonds. The van der Waals surface area contributed by atoms with Crippen LogP contribution in [0.3, 0.4) is 0 Å². The Hall–Kier alpha value is -1.66. The van der Waals surface area contributed by atoms with Crippen molar-refractivity contribution in [2.75, 3.05) is 6.54 Å². The standard InChI is InChI=1S/C13H17ClN2O4/c14-12-8-11(16(19)20)5-4-9(12)7-10(13(17)18)3-1-2-6-15/h4-5,8,10H,1-3,6-7,15H2,(H,17,18). The van der Waals surface area contributed by atoms with Crippen molar-refractivity contribution in [2.24, 2.45) is 11.7 Å². The monoisotopic (exact) mass is 300 g/mol.